The van der Waals surface area contributed by atoms with E-state index < -0.39 is 5.97 Å². The lowest BCUT2D eigenvalue weighted by Gasteiger charge is -2.12. The molecule has 5 heteroatoms. The monoisotopic (exact) mass is 270 g/mol. The van der Waals surface area contributed by atoms with Crippen molar-refractivity contribution in [3.8, 4) is 0 Å². The number of hydrogen-bond acceptors (Lipinski definition) is 2. The topological polar surface area (TPSA) is 78.4 Å². The highest BCUT2D eigenvalue weighted by Crippen LogP contribution is 2.35. The molecule has 0 aromatic carbocycles. The van der Waals surface area contributed by atoms with Crippen molar-refractivity contribution in [3.05, 3.63) is 0 Å². The molecule has 0 spiro atoms. The summed E-state index contributed by atoms with van der Waals surface area (Å²) in [5.41, 5.74) is 0. The Morgan fingerprint density at radius 1 is 1.16 bits per heavy atom. The number of carbonyl (C=O) groups excluding carboxylic acids is 1. The molecular weight excluding hydrogens is 244 g/mol. The fraction of sp³-hybridized carbons (Fsp3) is 0.857. The van der Waals surface area contributed by atoms with Crippen LogP contribution in [0, 0.1) is 11.8 Å². The highest BCUT2D eigenvalue weighted by Gasteiger charge is 2.27. The minimum Gasteiger partial charge on any atom is -0.481 e. The van der Waals surface area contributed by atoms with Gasteiger partial charge in [0, 0.05) is 19.5 Å². The van der Waals surface area contributed by atoms with Gasteiger partial charge in [-0.1, -0.05) is 19.8 Å². The normalized spacial score (nSPS) is 15.8. The van der Waals surface area contributed by atoms with E-state index in [1.54, 1.807) is 0 Å². The summed E-state index contributed by atoms with van der Waals surface area (Å²) < 4.78 is 0. The number of rotatable bonds is 10. The Bertz CT molecular complexity index is 290. The molecule has 0 aromatic heterocycles. The molecule has 0 radical (unpaired) electrons. The third-order valence-corrected chi connectivity index (χ3v) is 3.61. The molecule has 0 aliphatic heterocycles. The average molecular weight is 270 g/mol. The summed E-state index contributed by atoms with van der Waals surface area (Å²) >= 11 is 0. The molecule has 1 aliphatic rings. The van der Waals surface area contributed by atoms with Crippen molar-refractivity contribution in [3.63, 3.8) is 0 Å². The van der Waals surface area contributed by atoms with Crippen LogP contribution in [0.15, 0.2) is 0 Å². The zero-order valence-electron chi connectivity index (χ0n) is 11.8. The SMILES string of the molecule is CC(CNC(=O)NCCCCCCC(=O)O)C1CC1. The first-order valence-corrected chi connectivity index (χ1v) is 7.33. The van der Waals surface area contributed by atoms with Crippen LogP contribution in [0.1, 0.15) is 51.9 Å². The van der Waals surface area contributed by atoms with Gasteiger partial charge >= 0.3 is 12.0 Å². The number of unbranched alkanes of at least 4 members (excludes halogenated alkanes) is 3. The van der Waals surface area contributed by atoms with E-state index in [4.69, 9.17) is 5.11 Å². The predicted octanol–water partition coefficient (Wildman–Crippen LogP) is 2.37. The van der Waals surface area contributed by atoms with Crippen molar-refractivity contribution >= 4 is 12.0 Å². The van der Waals surface area contributed by atoms with Gasteiger partial charge in [-0.25, -0.2) is 4.79 Å². The van der Waals surface area contributed by atoms with Gasteiger partial charge in [-0.15, -0.1) is 0 Å². The van der Waals surface area contributed by atoms with E-state index in [0.29, 0.717) is 12.5 Å². The van der Waals surface area contributed by atoms with E-state index >= 15 is 0 Å². The number of carboxylic acids is 1. The van der Waals surface area contributed by atoms with Crippen LogP contribution in [0.5, 0.6) is 0 Å². The van der Waals surface area contributed by atoms with Crippen LogP contribution in [0.2, 0.25) is 0 Å². The second-order valence-electron chi connectivity index (χ2n) is 5.51. The Balaban J connectivity index is 1.85. The summed E-state index contributed by atoms with van der Waals surface area (Å²) in [5.74, 6) is 0.665. The van der Waals surface area contributed by atoms with Crippen molar-refractivity contribution in [2.24, 2.45) is 11.8 Å². The van der Waals surface area contributed by atoms with Crippen LogP contribution in [-0.4, -0.2) is 30.2 Å². The molecule has 1 rings (SSSR count). The number of carboxylic acid groups (broad SMARTS) is 1. The minimum absolute atomic E-state index is 0.0852. The van der Waals surface area contributed by atoms with Gasteiger partial charge in [0.05, 0.1) is 0 Å². The van der Waals surface area contributed by atoms with Gasteiger partial charge < -0.3 is 15.7 Å². The molecule has 1 atom stereocenters. The second-order valence-corrected chi connectivity index (χ2v) is 5.51. The van der Waals surface area contributed by atoms with Crippen LogP contribution in [-0.2, 0) is 4.79 Å². The molecule has 1 saturated carbocycles. The molecule has 0 bridgehead atoms. The van der Waals surface area contributed by atoms with E-state index in [0.717, 1.165) is 38.1 Å². The fourth-order valence-electron chi connectivity index (χ4n) is 2.10. The number of amides is 2. The van der Waals surface area contributed by atoms with Gasteiger partial charge in [-0.3, -0.25) is 4.79 Å². The van der Waals surface area contributed by atoms with E-state index in [1.807, 2.05) is 0 Å². The zero-order valence-corrected chi connectivity index (χ0v) is 11.8. The molecular formula is C14H26N2O3. The number of aliphatic carboxylic acids is 1. The molecule has 0 heterocycles. The lowest BCUT2D eigenvalue weighted by atomic mass is 10.1. The first-order valence-electron chi connectivity index (χ1n) is 7.33. The molecule has 0 saturated heterocycles. The summed E-state index contributed by atoms with van der Waals surface area (Å²) in [6, 6.07) is -0.0852. The van der Waals surface area contributed by atoms with E-state index in [2.05, 4.69) is 17.6 Å². The molecule has 110 valence electrons. The third kappa shape index (κ3) is 8.46. The van der Waals surface area contributed by atoms with Gasteiger partial charge in [0.2, 0.25) is 0 Å². The van der Waals surface area contributed by atoms with Crippen molar-refractivity contribution in [2.75, 3.05) is 13.1 Å². The maximum atomic E-state index is 11.5. The molecule has 19 heavy (non-hydrogen) atoms. The standard InChI is InChI=1S/C14H26N2O3/c1-11(12-7-8-12)10-16-14(19)15-9-5-3-2-4-6-13(17)18/h11-12H,2-10H2,1H3,(H,17,18)(H2,15,16,19). The van der Waals surface area contributed by atoms with Gasteiger partial charge in [-0.05, 0) is 37.5 Å². The van der Waals surface area contributed by atoms with Crippen LogP contribution in [0.3, 0.4) is 0 Å². The second kappa shape index (κ2) is 8.77. The molecule has 5 nitrogen and oxygen atoms in total. The quantitative estimate of drug-likeness (QED) is 0.533. The Hall–Kier alpha value is -1.26. The summed E-state index contributed by atoms with van der Waals surface area (Å²) in [7, 11) is 0. The van der Waals surface area contributed by atoms with E-state index in [-0.39, 0.29) is 12.5 Å². The number of hydrogen-bond donors (Lipinski definition) is 3. The fourth-order valence-corrected chi connectivity index (χ4v) is 2.10. The van der Waals surface area contributed by atoms with Crippen LogP contribution in [0.25, 0.3) is 0 Å². The van der Waals surface area contributed by atoms with Gasteiger partial charge in [0.15, 0.2) is 0 Å². The highest BCUT2D eigenvalue weighted by atomic mass is 16.4. The average Bonchev–Trinajstić information content (AvgIpc) is 3.18. The summed E-state index contributed by atoms with van der Waals surface area (Å²) in [6.45, 7) is 3.60. The maximum absolute atomic E-state index is 11.5. The van der Waals surface area contributed by atoms with Crippen molar-refractivity contribution in [2.45, 2.75) is 51.9 Å². The highest BCUT2D eigenvalue weighted by molar-refractivity contribution is 5.73. The third-order valence-electron chi connectivity index (χ3n) is 3.61. The lowest BCUT2D eigenvalue weighted by molar-refractivity contribution is -0.137. The summed E-state index contributed by atoms with van der Waals surface area (Å²) in [4.78, 5) is 21.8. The van der Waals surface area contributed by atoms with Crippen LogP contribution >= 0.6 is 0 Å². The number of carbonyl (C=O) groups is 2. The molecule has 2 amide bonds. The zero-order chi connectivity index (χ0) is 14.1. The van der Waals surface area contributed by atoms with Gasteiger partial charge in [-0.2, -0.15) is 0 Å². The molecule has 0 aromatic rings. The molecule has 1 fully saturated rings. The smallest absolute Gasteiger partial charge is 0.314 e. The van der Waals surface area contributed by atoms with E-state index in [1.165, 1.54) is 12.8 Å². The summed E-state index contributed by atoms with van der Waals surface area (Å²) in [5, 5.41) is 14.2. The number of urea groups is 1. The Morgan fingerprint density at radius 2 is 1.84 bits per heavy atom. The first-order chi connectivity index (χ1) is 9.09. The van der Waals surface area contributed by atoms with Crippen molar-refractivity contribution in [1.29, 1.82) is 0 Å². The largest absolute Gasteiger partial charge is 0.481 e. The molecule has 1 aliphatic carbocycles. The predicted molar refractivity (Wildman–Crippen MR) is 74.0 cm³/mol. The van der Waals surface area contributed by atoms with Crippen molar-refractivity contribution in [1.82, 2.24) is 10.6 Å². The Kier molecular flexibility index (Phi) is 7.30. The van der Waals surface area contributed by atoms with Gasteiger partial charge in [0.1, 0.15) is 0 Å². The van der Waals surface area contributed by atoms with Crippen molar-refractivity contribution < 1.29 is 14.7 Å². The molecule has 3 N–H and O–H groups in total. The van der Waals surface area contributed by atoms with Crippen LogP contribution in [0.4, 0.5) is 4.79 Å². The minimum atomic E-state index is -0.734. The Labute approximate surface area is 115 Å². The first kappa shape index (κ1) is 15.8. The lowest BCUT2D eigenvalue weighted by Crippen LogP contribution is -2.38. The van der Waals surface area contributed by atoms with E-state index in [9.17, 15) is 9.59 Å². The maximum Gasteiger partial charge on any atom is 0.314 e. The van der Waals surface area contributed by atoms with Gasteiger partial charge in [0.25, 0.3) is 0 Å². The van der Waals surface area contributed by atoms with Crippen LogP contribution < -0.4 is 10.6 Å². The Morgan fingerprint density at radius 3 is 2.47 bits per heavy atom. The number of nitrogens with one attached hydrogen (secondary N) is 2. The summed E-state index contributed by atoms with van der Waals surface area (Å²) in [6.07, 6.45) is 6.36. The molecule has 1 unspecified atom stereocenters.